The van der Waals surface area contributed by atoms with Gasteiger partial charge in [0.25, 0.3) is 0 Å². The van der Waals surface area contributed by atoms with E-state index in [1.54, 1.807) is 12.1 Å². The Morgan fingerprint density at radius 3 is 2.29 bits per heavy atom. The average Bonchev–Trinajstić information content (AvgIpc) is 2.16. The highest BCUT2D eigenvalue weighted by Crippen LogP contribution is 2.13. The van der Waals surface area contributed by atoms with Crippen molar-refractivity contribution < 1.29 is 15.2 Å². The third kappa shape index (κ3) is 1.98. The molecule has 0 heterocycles. The fourth-order valence-corrected chi connectivity index (χ4v) is 1.71. The molecule has 0 unspecified atom stereocenters. The van der Waals surface area contributed by atoms with Gasteiger partial charge >= 0.3 is 7.12 Å². The van der Waals surface area contributed by atoms with Crippen molar-refractivity contribution in [1.29, 1.82) is 0 Å². The number of hydrogen-bond donors (Lipinski definition) is 3. The fraction of sp³-hybridized carbons (Fsp3) is 0.400. The molecule has 0 aliphatic carbocycles. The summed E-state index contributed by atoms with van der Waals surface area (Å²) in [5.74, 6) is 0. The first kappa shape index (κ1) is 11.2. The summed E-state index contributed by atoms with van der Waals surface area (Å²) in [5.41, 5.74) is 3.11. The van der Waals surface area contributed by atoms with Crippen LogP contribution in [0.25, 0.3) is 0 Å². The van der Waals surface area contributed by atoms with Gasteiger partial charge in [-0.15, -0.1) is 0 Å². The maximum Gasteiger partial charge on any atom is 0.488 e. The smallest absolute Gasteiger partial charge is 0.423 e. The Labute approximate surface area is 84.2 Å². The molecule has 0 fully saturated rings. The highest BCUT2D eigenvalue weighted by Gasteiger charge is 2.18. The van der Waals surface area contributed by atoms with E-state index in [9.17, 15) is 5.11 Å². The SMILES string of the molecule is CCc1c(B(O)O)ccc(C)c1CO. The number of benzene rings is 1. The number of aryl methyl sites for hydroxylation is 1. The van der Waals surface area contributed by atoms with Crippen LogP contribution < -0.4 is 5.46 Å². The monoisotopic (exact) mass is 194 g/mol. The summed E-state index contributed by atoms with van der Waals surface area (Å²) in [6.07, 6.45) is 0.685. The molecule has 14 heavy (non-hydrogen) atoms. The van der Waals surface area contributed by atoms with Crippen molar-refractivity contribution in [2.75, 3.05) is 0 Å². The Kier molecular flexibility index (Phi) is 3.69. The van der Waals surface area contributed by atoms with Crippen molar-refractivity contribution in [3.8, 4) is 0 Å². The van der Waals surface area contributed by atoms with Crippen molar-refractivity contribution in [3.63, 3.8) is 0 Å². The van der Waals surface area contributed by atoms with Crippen LogP contribution in [0.5, 0.6) is 0 Å². The van der Waals surface area contributed by atoms with Crippen LogP contribution in [0, 0.1) is 6.92 Å². The lowest BCUT2D eigenvalue weighted by Crippen LogP contribution is -2.34. The number of aliphatic hydroxyl groups is 1. The van der Waals surface area contributed by atoms with Crippen LogP contribution >= 0.6 is 0 Å². The van der Waals surface area contributed by atoms with Crippen LogP contribution in [0.1, 0.15) is 23.6 Å². The van der Waals surface area contributed by atoms with Crippen LogP contribution in [-0.2, 0) is 13.0 Å². The third-order valence-electron chi connectivity index (χ3n) is 2.49. The van der Waals surface area contributed by atoms with E-state index < -0.39 is 7.12 Å². The van der Waals surface area contributed by atoms with Crippen LogP contribution in [0.15, 0.2) is 12.1 Å². The van der Waals surface area contributed by atoms with Gasteiger partial charge in [-0.25, -0.2) is 0 Å². The van der Waals surface area contributed by atoms with Gasteiger partial charge in [0.05, 0.1) is 6.61 Å². The van der Waals surface area contributed by atoms with Crippen molar-refractivity contribution in [1.82, 2.24) is 0 Å². The van der Waals surface area contributed by atoms with Crippen molar-refractivity contribution >= 4 is 12.6 Å². The highest BCUT2D eigenvalue weighted by atomic mass is 16.4. The van der Waals surface area contributed by atoms with E-state index in [4.69, 9.17) is 10.0 Å². The Morgan fingerprint density at radius 1 is 1.21 bits per heavy atom. The van der Waals surface area contributed by atoms with Crippen LogP contribution in [-0.4, -0.2) is 22.3 Å². The predicted octanol–water partition coefficient (Wildman–Crippen LogP) is -0.270. The van der Waals surface area contributed by atoms with E-state index in [-0.39, 0.29) is 6.61 Å². The Hall–Kier alpha value is -0.835. The van der Waals surface area contributed by atoms with Crippen molar-refractivity contribution in [3.05, 3.63) is 28.8 Å². The molecule has 0 amide bonds. The molecular weight excluding hydrogens is 179 g/mol. The zero-order valence-corrected chi connectivity index (χ0v) is 8.49. The zero-order valence-electron chi connectivity index (χ0n) is 8.49. The van der Waals surface area contributed by atoms with Crippen LogP contribution in [0.3, 0.4) is 0 Å². The lowest BCUT2D eigenvalue weighted by molar-refractivity contribution is 0.280. The molecule has 0 saturated carbocycles. The van der Waals surface area contributed by atoms with Gasteiger partial charge in [-0.2, -0.15) is 0 Å². The maximum absolute atomic E-state index is 9.17. The molecule has 0 spiro atoms. The number of rotatable bonds is 3. The maximum atomic E-state index is 9.17. The van der Waals surface area contributed by atoms with E-state index in [0.717, 1.165) is 16.7 Å². The minimum Gasteiger partial charge on any atom is -0.423 e. The molecule has 0 bridgehead atoms. The second-order valence-corrected chi connectivity index (χ2v) is 3.31. The zero-order chi connectivity index (χ0) is 10.7. The molecule has 3 nitrogen and oxygen atoms in total. The Morgan fingerprint density at radius 2 is 1.86 bits per heavy atom. The summed E-state index contributed by atoms with van der Waals surface area (Å²) in [5, 5.41) is 27.4. The van der Waals surface area contributed by atoms with Crippen LogP contribution in [0.4, 0.5) is 0 Å². The molecule has 0 aromatic heterocycles. The van der Waals surface area contributed by atoms with Gasteiger partial charge in [0.15, 0.2) is 0 Å². The van der Waals surface area contributed by atoms with E-state index in [1.807, 2.05) is 13.8 Å². The first-order valence-electron chi connectivity index (χ1n) is 4.70. The van der Waals surface area contributed by atoms with Gasteiger partial charge in [0.2, 0.25) is 0 Å². The standard InChI is InChI=1S/C10H15BO3/c1-3-8-9(6-12)7(2)4-5-10(8)11(13)14/h4-5,12-14H,3,6H2,1-2H3. The lowest BCUT2D eigenvalue weighted by atomic mass is 9.74. The fourth-order valence-electron chi connectivity index (χ4n) is 1.71. The first-order valence-corrected chi connectivity index (χ1v) is 4.70. The molecule has 1 rings (SSSR count). The Bertz CT molecular complexity index is 323. The first-order chi connectivity index (χ1) is 6.61. The number of hydrogen-bond acceptors (Lipinski definition) is 3. The number of aliphatic hydroxyl groups excluding tert-OH is 1. The second-order valence-electron chi connectivity index (χ2n) is 3.31. The molecule has 0 saturated heterocycles. The van der Waals surface area contributed by atoms with Gasteiger partial charge in [-0.3, -0.25) is 0 Å². The quantitative estimate of drug-likeness (QED) is 0.580. The summed E-state index contributed by atoms with van der Waals surface area (Å²) < 4.78 is 0. The van der Waals surface area contributed by atoms with Gasteiger partial charge in [0, 0.05) is 0 Å². The largest absolute Gasteiger partial charge is 0.488 e. The van der Waals surface area contributed by atoms with Crippen molar-refractivity contribution in [2.24, 2.45) is 0 Å². The van der Waals surface area contributed by atoms with Gasteiger partial charge in [-0.05, 0) is 35.5 Å². The molecule has 3 N–H and O–H groups in total. The molecular formula is C10H15BO3. The van der Waals surface area contributed by atoms with Crippen molar-refractivity contribution in [2.45, 2.75) is 26.9 Å². The summed E-state index contributed by atoms with van der Waals surface area (Å²) in [4.78, 5) is 0. The predicted molar refractivity (Wildman–Crippen MR) is 56.3 cm³/mol. The molecule has 0 atom stereocenters. The molecule has 4 heteroatoms. The van der Waals surface area contributed by atoms with Crippen LogP contribution in [0.2, 0.25) is 0 Å². The highest BCUT2D eigenvalue weighted by molar-refractivity contribution is 6.59. The summed E-state index contributed by atoms with van der Waals surface area (Å²) in [7, 11) is -1.46. The normalized spacial score (nSPS) is 10.4. The molecule has 0 aliphatic heterocycles. The Balaban J connectivity index is 3.33. The molecule has 0 aliphatic rings. The van der Waals surface area contributed by atoms with E-state index in [0.29, 0.717) is 11.9 Å². The molecule has 1 aromatic rings. The third-order valence-corrected chi connectivity index (χ3v) is 2.49. The summed E-state index contributed by atoms with van der Waals surface area (Å²) in [6.45, 7) is 3.77. The van der Waals surface area contributed by atoms with E-state index in [2.05, 4.69) is 0 Å². The summed E-state index contributed by atoms with van der Waals surface area (Å²) in [6, 6.07) is 3.48. The molecule has 0 radical (unpaired) electrons. The lowest BCUT2D eigenvalue weighted by Gasteiger charge is -2.14. The molecule has 76 valence electrons. The molecule has 1 aromatic carbocycles. The van der Waals surface area contributed by atoms with Gasteiger partial charge in [0.1, 0.15) is 0 Å². The summed E-state index contributed by atoms with van der Waals surface area (Å²) >= 11 is 0. The second kappa shape index (κ2) is 4.60. The minimum atomic E-state index is -1.46. The van der Waals surface area contributed by atoms with E-state index in [1.165, 1.54) is 0 Å². The van der Waals surface area contributed by atoms with Gasteiger partial charge < -0.3 is 15.2 Å². The average molecular weight is 194 g/mol. The van der Waals surface area contributed by atoms with E-state index >= 15 is 0 Å². The minimum absolute atomic E-state index is 0.0600. The van der Waals surface area contributed by atoms with Gasteiger partial charge in [-0.1, -0.05) is 19.1 Å². The topological polar surface area (TPSA) is 60.7 Å².